The molecule has 3 aromatic rings. The molecule has 0 spiro atoms. The number of benzene rings is 2. The van der Waals surface area contributed by atoms with Gasteiger partial charge in [-0.15, -0.1) is 11.3 Å². The molecule has 0 atom stereocenters. The minimum absolute atomic E-state index is 0.0760. The van der Waals surface area contributed by atoms with Gasteiger partial charge in [0.1, 0.15) is 16.3 Å². The average Bonchev–Trinajstić information content (AvgIpc) is 3.17. The molecule has 0 amide bonds. The lowest BCUT2D eigenvalue weighted by Gasteiger charge is -2.10. The van der Waals surface area contributed by atoms with E-state index in [1.54, 1.807) is 38.3 Å². The third-order valence-electron chi connectivity index (χ3n) is 4.45. The van der Waals surface area contributed by atoms with Gasteiger partial charge in [0.15, 0.2) is 5.78 Å². The number of ether oxygens (including phenoxy) is 2. The summed E-state index contributed by atoms with van der Waals surface area (Å²) in [5, 5.41) is 5.66. The lowest BCUT2D eigenvalue weighted by atomic mass is 10.0. The molecule has 0 saturated carbocycles. The predicted molar refractivity (Wildman–Crippen MR) is 116 cm³/mol. The Hall–Kier alpha value is -3.12. The van der Waals surface area contributed by atoms with E-state index in [9.17, 15) is 9.59 Å². The van der Waals surface area contributed by atoms with E-state index in [0.29, 0.717) is 21.9 Å². The molecule has 0 fully saturated rings. The van der Waals surface area contributed by atoms with Crippen molar-refractivity contribution >= 4 is 28.1 Å². The number of Topliss-reactive ketones (excluding diaryl/α,β-unsaturated/α-hetero) is 1. The van der Waals surface area contributed by atoms with Gasteiger partial charge >= 0.3 is 5.97 Å². The number of aryl methyl sites for hydroxylation is 1. The third-order valence-corrected chi connectivity index (χ3v) is 5.39. The van der Waals surface area contributed by atoms with Crippen molar-refractivity contribution in [2.24, 2.45) is 0 Å². The molecule has 1 aromatic heterocycles. The quantitative estimate of drug-likeness (QED) is 0.409. The maximum absolute atomic E-state index is 12.6. The van der Waals surface area contributed by atoms with E-state index in [-0.39, 0.29) is 18.9 Å². The zero-order valence-electron chi connectivity index (χ0n) is 16.7. The normalized spacial score (nSPS) is 10.4. The predicted octanol–water partition coefficient (Wildman–Crippen LogP) is 5.20. The number of carbonyl (C=O) groups excluding carboxylic acids is 2. The molecule has 0 saturated heterocycles. The van der Waals surface area contributed by atoms with E-state index in [0.717, 1.165) is 16.7 Å². The Kier molecular flexibility index (Phi) is 6.67. The number of thiophene rings is 1. The standard InChI is InChI=1S/C23H23NO4S/c1-4-28-23(26)21-19(16-7-5-15(2)6-8-16)14-29-22(21)24-13-20(25)17-9-11-18(27-3)12-10-17/h5-12,14,24H,4,13H2,1-3H3. The Morgan fingerprint density at radius 1 is 1.03 bits per heavy atom. The number of hydrogen-bond donors (Lipinski definition) is 1. The first kappa shape index (κ1) is 20.6. The molecule has 0 aliphatic carbocycles. The van der Waals surface area contributed by atoms with Gasteiger partial charge in [0.25, 0.3) is 0 Å². The number of methoxy groups -OCH3 is 1. The fraction of sp³-hybridized carbons (Fsp3) is 0.217. The van der Waals surface area contributed by atoms with Crippen molar-refractivity contribution in [3.05, 3.63) is 70.6 Å². The summed E-state index contributed by atoms with van der Waals surface area (Å²) in [6.45, 7) is 4.15. The number of rotatable bonds is 8. The molecule has 150 valence electrons. The van der Waals surface area contributed by atoms with Gasteiger partial charge < -0.3 is 14.8 Å². The van der Waals surface area contributed by atoms with Crippen LogP contribution < -0.4 is 10.1 Å². The first-order chi connectivity index (χ1) is 14.0. The number of carbonyl (C=O) groups is 2. The van der Waals surface area contributed by atoms with Crippen molar-refractivity contribution < 1.29 is 19.1 Å². The minimum atomic E-state index is -0.399. The SMILES string of the molecule is CCOC(=O)c1c(-c2ccc(C)cc2)csc1NCC(=O)c1ccc(OC)cc1. The summed E-state index contributed by atoms with van der Waals surface area (Å²) in [5.41, 5.74) is 3.91. The van der Waals surface area contributed by atoms with Gasteiger partial charge in [-0.05, 0) is 43.7 Å². The monoisotopic (exact) mass is 409 g/mol. The van der Waals surface area contributed by atoms with Crippen molar-refractivity contribution in [1.82, 2.24) is 0 Å². The smallest absolute Gasteiger partial charge is 0.341 e. The summed E-state index contributed by atoms with van der Waals surface area (Å²) in [7, 11) is 1.58. The van der Waals surface area contributed by atoms with Crippen molar-refractivity contribution in [3.8, 4) is 16.9 Å². The van der Waals surface area contributed by atoms with Crippen LogP contribution in [0.1, 0.15) is 33.2 Å². The summed E-state index contributed by atoms with van der Waals surface area (Å²) >= 11 is 1.39. The molecule has 3 rings (SSSR count). The van der Waals surface area contributed by atoms with E-state index in [1.807, 2.05) is 36.6 Å². The van der Waals surface area contributed by atoms with Crippen molar-refractivity contribution in [3.63, 3.8) is 0 Å². The highest BCUT2D eigenvalue weighted by atomic mass is 32.1. The van der Waals surface area contributed by atoms with E-state index >= 15 is 0 Å². The number of hydrogen-bond acceptors (Lipinski definition) is 6. The largest absolute Gasteiger partial charge is 0.497 e. The lowest BCUT2D eigenvalue weighted by molar-refractivity contribution is 0.0528. The molecule has 0 aliphatic heterocycles. The fourth-order valence-electron chi connectivity index (χ4n) is 2.88. The van der Waals surface area contributed by atoms with Crippen LogP contribution in [0.5, 0.6) is 5.75 Å². The summed E-state index contributed by atoms with van der Waals surface area (Å²) in [6.07, 6.45) is 0. The van der Waals surface area contributed by atoms with Crippen LogP contribution in [0, 0.1) is 6.92 Å². The first-order valence-corrected chi connectivity index (χ1v) is 10.2. The molecule has 5 nitrogen and oxygen atoms in total. The first-order valence-electron chi connectivity index (χ1n) is 9.30. The molecule has 0 aliphatic rings. The Morgan fingerprint density at radius 2 is 1.72 bits per heavy atom. The van der Waals surface area contributed by atoms with Crippen LogP contribution in [0.15, 0.2) is 53.9 Å². The number of anilines is 1. The van der Waals surface area contributed by atoms with Gasteiger partial charge in [0, 0.05) is 16.5 Å². The van der Waals surface area contributed by atoms with Crippen molar-refractivity contribution in [2.45, 2.75) is 13.8 Å². The minimum Gasteiger partial charge on any atom is -0.497 e. The second kappa shape index (κ2) is 9.39. The molecule has 1 N–H and O–H groups in total. The fourth-order valence-corrected chi connectivity index (χ4v) is 3.84. The van der Waals surface area contributed by atoms with Crippen LogP contribution in [0.4, 0.5) is 5.00 Å². The maximum Gasteiger partial charge on any atom is 0.341 e. The van der Waals surface area contributed by atoms with Crippen LogP contribution in [0.25, 0.3) is 11.1 Å². The second-order valence-electron chi connectivity index (χ2n) is 6.45. The van der Waals surface area contributed by atoms with Crippen LogP contribution in [-0.4, -0.2) is 32.0 Å². The summed E-state index contributed by atoms with van der Waals surface area (Å²) in [4.78, 5) is 25.1. The highest BCUT2D eigenvalue weighted by molar-refractivity contribution is 7.15. The zero-order valence-corrected chi connectivity index (χ0v) is 17.5. The Balaban J connectivity index is 1.83. The molecule has 2 aromatic carbocycles. The number of esters is 1. The molecule has 29 heavy (non-hydrogen) atoms. The molecule has 6 heteroatoms. The van der Waals surface area contributed by atoms with Gasteiger partial charge in [-0.1, -0.05) is 29.8 Å². The van der Waals surface area contributed by atoms with E-state index in [1.165, 1.54) is 11.3 Å². The highest BCUT2D eigenvalue weighted by Crippen LogP contribution is 2.36. The van der Waals surface area contributed by atoms with Gasteiger partial charge in [-0.2, -0.15) is 0 Å². The van der Waals surface area contributed by atoms with Gasteiger partial charge in [0.05, 0.1) is 20.3 Å². The van der Waals surface area contributed by atoms with Gasteiger partial charge in [-0.25, -0.2) is 4.79 Å². The number of nitrogens with one attached hydrogen (secondary N) is 1. The Bertz CT molecular complexity index is 991. The zero-order chi connectivity index (χ0) is 20.8. The van der Waals surface area contributed by atoms with E-state index in [2.05, 4.69) is 5.32 Å². The second-order valence-corrected chi connectivity index (χ2v) is 7.32. The van der Waals surface area contributed by atoms with Gasteiger partial charge in [0.2, 0.25) is 0 Å². The Morgan fingerprint density at radius 3 is 2.34 bits per heavy atom. The van der Waals surface area contributed by atoms with Crippen LogP contribution >= 0.6 is 11.3 Å². The Labute approximate surface area is 174 Å². The van der Waals surface area contributed by atoms with E-state index < -0.39 is 5.97 Å². The third kappa shape index (κ3) is 4.84. The van der Waals surface area contributed by atoms with Crippen molar-refractivity contribution in [2.75, 3.05) is 25.6 Å². The average molecular weight is 410 g/mol. The topological polar surface area (TPSA) is 64.6 Å². The molecular formula is C23H23NO4S. The molecule has 0 unspecified atom stereocenters. The molecule has 1 heterocycles. The molecule has 0 radical (unpaired) electrons. The van der Waals surface area contributed by atoms with E-state index in [4.69, 9.17) is 9.47 Å². The molecular weight excluding hydrogens is 386 g/mol. The maximum atomic E-state index is 12.6. The van der Waals surface area contributed by atoms with Crippen LogP contribution in [-0.2, 0) is 4.74 Å². The summed E-state index contributed by atoms with van der Waals surface area (Å²) in [5.74, 6) is 0.219. The van der Waals surface area contributed by atoms with Crippen molar-refractivity contribution in [1.29, 1.82) is 0 Å². The number of ketones is 1. The molecule has 0 bridgehead atoms. The lowest BCUT2D eigenvalue weighted by Crippen LogP contribution is -2.15. The summed E-state index contributed by atoms with van der Waals surface area (Å²) in [6, 6.07) is 14.9. The van der Waals surface area contributed by atoms with Crippen LogP contribution in [0.2, 0.25) is 0 Å². The summed E-state index contributed by atoms with van der Waals surface area (Å²) < 4.78 is 10.4. The highest BCUT2D eigenvalue weighted by Gasteiger charge is 2.22. The van der Waals surface area contributed by atoms with Gasteiger partial charge in [-0.3, -0.25) is 4.79 Å². The van der Waals surface area contributed by atoms with Crippen LogP contribution in [0.3, 0.4) is 0 Å².